The van der Waals surface area contributed by atoms with Gasteiger partial charge in [0, 0.05) is 38.9 Å². The Bertz CT molecular complexity index is 673. The molecule has 1 saturated heterocycles. The minimum Gasteiger partial charge on any atom is -0.382 e. The number of Topliss-reactive ketones (excluding diaryl/α,β-unsaturated/α-hetero) is 1. The summed E-state index contributed by atoms with van der Waals surface area (Å²) in [5.41, 5.74) is 0.453. The number of halogens is 1. The summed E-state index contributed by atoms with van der Waals surface area (Å²) in [6, 6.07) is 5.43. The second-order valence-electron chi connectivity index (χ2n) is 6.03. The molecule has 0 aromatic heterocycles. The molecule has 0 amide bonds. The van der Waals surface area contributed by atoms with Crippen molar-refractivity contribution in [3.8, 4) is 0 Å². The normalized spacial score (nSPS) is 16.7. The zero-order chi connectivity index (χ0) is 19.0. The molecule has 1 heterocycles. The molecule has 9 heteroatoms. The smallest absolute Gasteiger partial charge is 0.216 e. The first-order valence-electron chi connectivity index (χ1n) is 8.48. The Balaban J connectivity index is 1.75. The molecule has 2 rings (SSSR count). The summed E-state index contributed by atoms with van der Waals surface area (Å²) >= 11 is 0. The summed E-state index contributed by atoms with van der Waals surface area (Å²) in [5.74, 6) is -0.551. The van der Waals surface area contributed by atoms with Gasteiger partial charge in [-0.05, 0) is 24.3 Å². The van der Waals surface area contributed by atoms with Crippen LogP contribution < -0.4 is 0 Å². The molecule has 0 saturated carbocycles. The van der Waals surface area contributed by atoms with Gasteiger partial charge in [0.25, 0.3) is 0 Å². The van der Waals surface area contributed by atoms with Gasteiger partial charge in [-0.3, -0.25) is 9.69 Å². The molecule has 0 unspecified atom stereocenters. The third-order valence-electron chi connectivity index (χ3n) is 4.18. The summed E-state index contributed by atoms with van der Waals surface area (Å²) in [6.45, 7) is 2.78. The number of nitrogens with zero attached hydrogens (tertiary/aromatic N) is 2. The number of hydrogen-bond donors (Lipinski definition) is 0. The Hall–Kier alpha value is -1.39. The summed E-state index contributed by atoms with van der Waals surface area (Å²) < 4.78 is 49.0. The predicted molar refractivity (Wildman–Crippen MR) is 95.2 cm³/mol. The van der Waals surface area contributed by atoms with Crippen molar-refractivity contribution in [3.63, 3.8) is 0 Å². The lowest BCUT2D eigenvalue weighted by molar-refractivity contribution is 0.0778. The van der Waals surface area contributed by atoms with Crippen LogP contribution in [0.5, 0.6) is 0 Å². The highest BCUT2D eigenvalue weighted by Crippen LogP contribution is 2.10. The van der Waals surface area contributed by atoms with E-state index in [1.165, 1.54) is 28.6 Å². The maximum absolute atomic E-state index is 12.9. The maximum atomic E-state index is 12.9. The second kappa shape index (κ2) is 10.1. The van der Waals surface area contributed by atoms with Crippen LogP contribution in [-0.2, 0) is 19.5 Å². The number of carbonyl (C=O) groups excluding carboxylic acids is 1. The van der Waals surface area contributed by atoms with E-state index in [1.54, 1.807) is 7.11 Å². The van der Waals surface area contributed by atoms with Crippen molar-refractivity contribution in [2.45, 2.75) is 0 Å². The van der Waals surface area contributed by atoms with Crippen LogP contribution in [0.15, 0.2) is 24.3 Å². The van der Waals surface area contributed by atoms with Crippen LogP contribution in [0.25, 0.3) is 0 Å². The third-order valence-corrected chi connectivity index (χ3v) is 6.01. The van der Waals surface area contributed by atoms with E-state index >= 15 is 0 Å². The van der Waals surface area contributed by atoms with Crippen LogP contribution in [0.1, 0.15) is 10.4 Å². The minimum absolute atomic E-state index is 0.0643. The van der Waals surface area contributed by atoms with Gasteiger partial charge in [0.2, 0.25) is 10.0 Å². The van der Waals surface area contributed by atoms with Crippen molar-refractivity contribution in [1.29, 1.82) is 0 Å². The van der Waals surface area contributed by atoms with Crippen molar-refractivity contribution in [2.24, 2.45) is 0 Å². The number of methoxy groups -OCH3 is 1. The van der Waals surface area contributed by atoms with E-state index in [9.17, 15) is 17.6 Å². The van der Waals surface area contributed by atoms with Gasteiger partial charge in [0.1, 0.15) is 5.82 Å². The first kappa shape index (κ1) is 20.9. The molecule has 0 aliphatic carbocycles. The second-order valence-corrected chi connectivity index (χ2v) is 8.11. The quantitative estimate of drug-likeness (QED) is 0.432. The highest BCUT2D eigenvalue weighted by atomic mass is 32.2. The van der Waals surface area contributed by atoms with E-state index in [0.29, 0.717) is 45.0 Å². The van der Waals surface area contributed by atoms with Gasteiger partial charge >= 0.3 is 0 Å². The monoisotopic (exact) mass is 388 g/mol. The predicted octanol–water partition coefficient (Wildman–Crippen LogP) is 0.619. The van der Waals surface area contributed by atoms with E-state index in [1.807, 2.05) is 4.90 Å². The fourth-order valence-corrected chi connectivity index (χ4v) is 3.94. The minimum atomic E-state index is -3.37. The van der Waals surface area contributed by atoms with Crippen LogP contribution in [-0.4, -0.2) is 88.8 Å². The molecule has 7 nitrogen and oxygen atoms in total. The van der Waals surface area contributed by atoms with Crippen LogP contribution >= 0.6 is 0 Å². The zero-order valence-electron chi connectivity index (χ0n) is 14.9. The number of benzene rings is 1. The Kier molecular flexibility index (Phi) is 8.11. The topological polar surface area (TPSA) is 76.2 Å². The van der Waals surface area contributed by atoms with Gasteiger partial charge in [-0.2, -0.15) is 4.31 Å². The lowest BCUT2D eigenvalue weighted by Crippen LogP contribution is -2.50. The molecule has 1 aromatic rings. The molecule has 0 bridgehead atoms. The van der Waals surface area contributed by atoms with Crippen molar-refractivity contribution in [1.82, 2.24) is 9.21 Å². The lowest BCUT2D eigenvalue weighted by Gasteiger charge is -2.33. The fraction of sp³-hybridized carbons (Fsp3) is 0.588. The summed E-state index contributed by atoms with van der Waals surface area (Å²) in [7, 11) is -1.81. The van der Waals surface area contributed by atoms with Gasteiger partial charge in [0.05, 0.1) is 32.1 Å². The Morgan fingerprint density at radius 2 is 1.73 bits per heavy atom. The number of hydrogen-bond acceptors (Lipinski definition) is 6. The highest BCUT2D eigenvalue weighted by Gasteiger charge is 2.27. The van der Waals surface area contributed by atoms with E-state index in [-0.39, 0.29) is 30.5 Å². The maximum Gasteiger partial charge on any atom is 0.216 e. The number of sulfonamides is 1. The van der Waals surface area contributed by atoms with Crippen molar-refractivity contribution in [3.05, 3.63) is 35.6 Å². The summed E-state index contributed by atoms with van der Waals surface area (Å²) in [6.07, 6.45) is 0. The van der Waals surface area contributed by atoms with Gasteiger partial charge in [-0.25, -0.2) is 12.8 Å². The number of carbonyl (C=O) groups is 1. The molecule has 1 aliphatic rings. The number of rotatable bonds is 10. The number of ether oxygens (including phenoxy) is 2. The molecule has 0 atom stereocenters. The fourth-order valence-electron chi connectivity index (χ4n) is 2.63. The molecular formula is C17H25FN2O5S. The Morgan fingerprint density at radius 1 is 1.08 bits per heavy atom. The molecule has 1 aliphatic heterocycles. The van der Waals surface area contributed by atoms with Gasteiger partial charge in [-0.1, -0.05) is 0 Å². The molecule has 0 radical (unpaired) electrons. The summed E-state index contributed by atoms with van der Waals surface area (Å²) in [4.78, 5) is 14.1. The molecule has 0 spiro atoms. The lowest BCUT2D eigenvalue weighted by atomic mass is 10.1. The number of ketones is 1. The zero-order valence-corrected chi connectivity index (χ0v) is 15.7. The van der Waals surface area contributed by atoms with Crippen LogP contribution in [0.3, 0.4) is 0 Å². The molecule has 146 valence electrons. The van der Waals surface area contributed by atoms with E-state index in [2.05, 4.69) is 0 Å². The molecule has 1 fully saturated rings. The van der Waals surface area contributed by atoms with Crippen molar-refractivity contribution in [2.75, 3.05) is 65.4 Å². The van der Waals surface area contributed by atoms with E-state index < -0.39 is 10.0 Å². The standard InChI is InChI=1S/C17H25FN2O5S/c1-24-10-11-25-12-13-26(22,23)20-8-6-19(7-9-20)14-17(21)15-2-4-16(18)5-3-15/h2-5H,6-14H2,1H3. The van der Waals surface area contributed by atoms with Crippen LogP contribution in [0.4, 0.5) is 4.39 Å². The van der Waals surface area contributed by atoms with E-state index in [4.69, 9.17) is 9.47 Å². The van der Waals surface area contributed by atoms with E-state index in [0.717, 1.165) is 0 Å². The third kappa shape index (κ3) is 6.40. The SMILES string of the molecule is COCCOCCS(=O)(=O)N1CCN(CC(=O)c2ccc(F)cc2)CC1. The molecular weight excluding hydrogens is 363 g/mol. The number of piperazine rings is 1. The first-order valence-corrected chi connectivity index (χ1v) is 10.1. The van der Waals surface area contributed by atoms with Gasteiger partial charge < -0.3 is 9.47 Å². The van der Waals surface area contributed by atoms with Crippen molar-refractivity contribution < 1.29 is 27.1 Å². The first-order chi connectivity index (χ1) is 12.4. The van der Waals surface area contributed by atoms with Gasteiger partial charge in [-0.15, -0.1) is 0 Å². The van der Waals surface area contributed by atoms with Crippen molar-refractivity contribution >= 4 is 15.8 Å². The van der Waals surface area contributed by atoms with Gasteiger partial charge in [0.15, 0.2) is 5.78 Å². The average Bonchev–Trinajstić information content (AvgIpc) is 2.62. The van der Waals surface area contributed by atoms with Crippen LogP contribution in [0.2, 0.25) is 0 Å². The summed E-state index contributed by atoms with van der Waals surface area (Å²) in [5, 5.41) is 0. The molecule has 26 heavy (non-hydrogen) atoms. The highest BCUT2D eigenvalue weighted by molar-refractivity contribution is 7.89. The molecule has 1 aromatic carbocycles. The largest absolute Gasteiger partial charge is 0.382 e. The van der Waals surface area contributed by atoms with Crippen LogP contribution in [0, 0.1) is 5.82 Å². The molecule has 0 N–H and O–H groups in total. The Morgan fingerprint density at radius 3 is 2.35 bits per heavy atom. The average molecular weight is 388 g/mol. The Labute approximate surface area is 153 Å².